The Kier molecular flexibility index (Phi) is 5.78. The average molecular weight is 256 g/mol. The third-order valence-electron chi connectivity index (χ3n) is 2.08. The summed E-state index contributed by atoms with van der Waals surface area (Å²) in [4.78, 5) is 0. The molecule has 1 aromatic rings. The monoisotopic (exact) mass is 255 g/mol. The molecule has 0 radical (unpaired) electrons. The van der Waals surface area contributed by atoms with Crippen molar-refractivity contribution in [2.24, 2.45) is 5.73 Å². The third kappa shape index (κ3) is 4.00. The maximum Gasteiger partial charge on any atom is 0.416 e. The average Bonchev–Trinajstić information content (AvgIpc) is 2.17. The molecule has 0 aromatic heterocycles. The van der Waals surface area contributed by atoms with Crippen molar-refractivity contribution in [1.82, 2.24) is 0 Å². The maximum atomic E-state index is 12.3. The highest BCUT2D eigenvalue weighted by Gasteiger charge is 2.30. The number of nitrogens with two attached hydrogens (primary N) is 1. The van der Waals surface area contributed by atoms with Crippen LogP contribution in [-0.4, -0.2) is 11.7 Å². The van der Waals surface area contributed by atoms with Gasteiger partial charge in [0.2, 0.25) is 0 Å². The molecule has 1 rings (SSSR count). The molecule has 0 unspecified atom stereocenters. The number of rotatable bonds is 3. The van der Waals surface area contributed by atoms with Crippen LogP contribution in [0.5, 0.6) is 0 Å². The summed E-state index contributed by atoms with van der Waals surface area (Å²) in [6.07, 6.45) is -4.10. The molecule has 0 fully saturated rings. The van der Waals surface area contributed by atoms with Gasteiger partial charge in [0.1, 0.15) is 0 Å². The zero-order valence-electron chi connectivity index (χ0n) is 8.37. The summed E-state index contributed by atoms with van der Waals surface area (Å²) in [5.74, 6) is 0. The first-order valence-electron chi connectivity index (χ1n) is 4.48. The van der Waals surface area contributed by atoms with Crippen LogP contribution in [0.3, 0.4) is 0 Å². The second-order valence-electron chi connectivity index (χ2n) is 3.24. The van der Waals surface area contributed by atoms with Crippen LogP contribution in [0.2, 0.25) is 0 Å². The standard InChI is InChI=1S/C10H12F3NO.ClH/c11-10(12,13)8-3-1-2-7(6-8)9(14)4-5-15;/h1-3,6,9,15H,4-5,14H2;1H/t9-;/m1./s1. The lowest BCUT2D eigenvalue weighted by Crippen LogP contribution is -2.13. The smallest absolute Gasteiger partial charge is 0.396 e. The van der Waals surface area contributed by atoms with Crippen molar-refractivity contribution in [2.45, 2.75) is 18.6 Å². The number of benzene rings is 1. The van der Waals surface area contributed by atoms with Crippen molar-refractivity contribution in [3.05, 3.63) is 35.4 Å². The highest BCUT2D eigenvalue weighted by atomic mass is 35.5. The topological polar surface area (TPSA) is 46.2 Å². The molecule has 2 nitrogen and oxygen atoms in total. The van der Waals surface area contributed by atoms with Crippen molar-refractivity contribution in [3.63, 3.8) is 0 Å². The van der Waals surface area contributed by atoms with E-state index in [1.54, 1.807) is 0 Å². The molecule has 3 N–H and O–H groups in total. The minimum absolute atomic E-state index is 0. The van der Waals surface area contributed by atoms with Crippen LogP contribution in [0.4, 0.5) is 13.2 Å². The molecule has 6 heteroatoms. The lowest BCUT2D eigenvalue weighted by atomic mass is 10.0. The van der Waals surface area contributed by atoms with Gasteiger partial charge in [0, 0.05) is 12.6 Å². The lowest BCUT2D eigenvalue weighted by molar-refractivity contribution is -0.137. The summed E-state index contributed by atoms with van der Waals surface area (Å²) in [7, 11) is 0. The fraction of sp³-hybridized carbons (Fsp3) is 0.400. The number of hydrogen-bond acceptors (Lipinski definition) is 2. The van der Waals surface area contributed by atoms with Gasteiger partial charge in [-0.2, -0.15) is 13.2 Å². The van der Waals surface area contributed by atoms with Gasteiger partial charge in [0.15, 0.2) is 0 Å². The van der Waals surface area contributed by atoms with Gasteiger partial charge in [-0.25, -0.2) is 0 Å². The zero-order valence-corrected chi connectivity index (χ0v) is 9.18. The summed E-state index contributed by atoms with van der Waals surface area (Å²) in [5, 5.41) is 8.62. The van der Waals surface area contributed by atoms with Crippen molar-refractivity contribution >= 4 is 12.4 Å². The Hall–Kier alpha value is -0.780. The number of hydrogen-bond donors (Lipinski definition) is 2. The molecule has 0 spiro atoms. The minimum Gasteiger partial charge on any atom is -0.396 e. The van der Waals surface area contributed by atoms with Gasteiger partial charge in [-0.15, -0.1) is 12.4 Å². The molecule has 1 aromatic carbocycles. The molecule has 1 atom stereocenters. The third-order valence-corrected chi connectivity index (χ3v) is 2.08. The quantitative estimate of drug-likeness (QED) is 0.872. The molecule has 16 heavy (non-hydrogen) atoms. The SMILES string of the molecule is Cl.N[C@H](CCO)c1cccc(C(F)(F)F)c1. The summed E-state index contributed by atoms with van der Waals surface area (Å²) >= 11 is 0. The fourth-order valence-corrected chi connectivity index (χ4v) is 1.25. The summed E-state index contributed by atoms with van der Waals surface area (Å²) in [5.41, 5.74) is 5.26. The Morgan fingerprint density at radius 3 is 2.44 bits per heavy atom. The molecule has 0 aliphatic carbocycles. The van der Waals surface area contributed by atoms with E-state index < -0.39 is 17.8 Å². The van der Waals surface area contributed by atoms with Gasteiger partial charge >= 0.3 is 6.18 Å². The van der Waals surface area contributed by atoms with Gasteiger partial charge in [-0.1, -0.05) is 12.1 Å². The van der Waals surface area contributed by atoms with Crippen molar-refractivity contribution < 1.29 is 18.3 Å². The van der Waals surface area contributed by atoms with Gasteiger partial charge in [-0.3, -0.25) is 0 Å². The Morgan fingerprint density at radius 2 is 1.94 bits per heavy atom. The molecule has 0 saturated carbocycles. The number of aliphatic hydroxyl groups excluding tert-OH is 1. The molecule has 92 valence electrons. The molecule has 0 aliphatic rings. The largest absolute Gasteiger partial charge is 0.416 e. The lowest BCUT2D eigenvalue weighted by Gasteiger charge is -2.13. The van der Waals surface area contributed by atoms with E-state index >= 15 is 0 Å². The van der Waals surface area contributed by atoms with E-state index in [2.05, 4.69) is 0 Å². The fourth-order valence-electron chi connectivity index (χ4n) is 1.25. The van der Waals surface area contributed by atoms with Crippen LogP contribution in [0, 0.1) is 0 Å². The van der Waals surface area contributed by atoms with E-state index in [1.807, 2.05) is 0 Å². The van der Waals surface area contributed by atoms with Gasteiger partial charge in [0.05, 0.1) is 5.56 Å². The summed E-state index contributed by atoms with van der Waals surface area (Å²) < 4.78 is 37.0. The van der Waals surface area contributed by atoms with Crippen LogP contribution in [0.15, 0.2) is 24.3 Å². The van der Waals surface area contributed by atoms with E-state index in [4.69, 9.17) is 10.8 Å². The Labute approximate surface area is 97.7 Å². The highest BCUT2D eigenvalue weighted by molar-refractivity contribution is 5.85. The van der Waals surface area contributed by atoms with E-state index in [0.29, 0.717) is 5.56 Å². The Morgan fingerprint density at radius 1 is 1.31 bits per heavy atom. The van der Waals surface area contributed by atoms with Crippen molar-refractivity contribution in [1.29, 1.82) is 0 Å². The summed E-state index contributed by atoms with van der Waals surface area (Å²) in [6.45, 7) is -0.141. The van der Waals surface area contributed by atoms with Gasteiger partial charge in [-0.05, 0) is 24.1 Å². The number of aliphatic hydroxyl groups is 1. The zero-order chi connectivity index (χ0) is 11.5. The van der Waals surface area contributed by atoms with Crippen LogP contribution in [-0.2, 0) is 6.18 Å². The molecular formula is C10H13ClF3NO. The van der Waals surface area contributed by atoms with E-state index in [1.165, 1.54) is 12.1 Å². The minimum atomic E-state index is -4.35. The van der Waals surface area contributed by atoms with Crippen LogP contribution in [0.25, 0.3) is 0 Å². The Balaban J connectivity index is 0.00000225. The van der Waals surface area contributed by atoms with E-state index in [0.717, 1.165) is 12.1 Å². The van der Waals surface area contributed by atoms with E-state index in [-0.39, 0.29) is 25.4 Å². The maximum absolute atomic E-state index is 12.3. The second-order valence-corrected chi connectivity index (χ2v) is 3.24. The predicted molar refractivity (Wildman–Crippen MR) is 57.3 cm³/mol. The van der Waals surface area contributed by atoms with E-state index in [9.17, 15) is 13.2 Å². The second kappa shape index (κ2) is 6.08. The Bertz CT molecular complexity index is 330. The molecular weight excluding hydrogens is 243 g/mol. The van der Waals surface area contributed by atoms with Crippen LogP contribution in [0.1, 0.15) is 23.6 Å². The highest BCUT2D eigenvalue weighted by Crippen LogP contribution is 2.30. The van der Waals surface area contributed by atoms with Gasteiger partial charge in [0.25, 0.3) is 0 Å². The normalized spacial score (nSPS) is 13.1. The van der Waals surface area contributed by atoms with Crippen LogP contribution < -0.4 is 5.73 Å². The summed E-state index contributed by atoms with van der Waals surface area (Å²) in [6, 6.07) is 4.29. The number of halogens is 4. The predicted octanol–water partition coefficient (Wildman–Crippen LogP) is 2.51. The first kappa shape index (κ1) is 15.2. The molecule has 0 aliphatic heterocycles. The number of alkyl halides is 3. The van der Waals surface area contributed by atoms with Crippen molar-refractivity contribution in [2.75, 3.05) is 6.61 Å². The van der Waals surface area contributed by atoms with Crippen LogP contribution >= 0.6 is 12.4 Å². The molecule has 0 amide bonds. The molecule has 0 heterocycles. The first-order chi connectivity index (χ1) is 6.95. The van der Waals surface area contributed by atoms with Crippen molar-refractivity contribution in [3.8, 4) is 0 Å². The molecule has 0 bridgehead atoms. The van der Waals surface area contributed by atoms with Gasteiger partial charge < -0.3 is 10.8 Å². The first-order valence-corrected chi connectivity index (χ1v) is 4.48. The molecule has 0 saturated heterocycles.